The van der Waals surface area contributed by atoms with Crippen LogP contribution in [0.3, 0.4) is 0 Å². The summed E-state index contributed by atoms with van der Waals surface area (Å²) in [5.74, 6) is -1.68. The molecule has 1 amide bonds. The Morgan fingerprint density at radius 3 is 2.20 bits per heavy atom. The van der Waals surface area contributed by atoms with Crippen LogP contribution in [-0.2, 0) is 9.53 Å². The van der Waals surface area contributed by atoms with Gasteiger partial charge in [-0.3, -0.25) is 9.59 Å². The highest BCUT2D eigenvalue weighted by atomic mass is 35.5. The minimum Gasteiger partial charge on any atom is -0.449 e. The highest BCUT2D eigenvalue weighted by Gasteiger charge is 2.24. The van der Waals surface area contributed by atoms with Gasteiger partial charge in [-0.25, -0.2) is 4.79 Å². The highest BCUT2D eigenvalue weighted by molar-refractivity contribution is 6.35. The number of ether oxygens (including phenoxy) is 1. The van der Waals surface area contributed by atoms with E-state index in [9.17, 15) is 14.4 Å². The monoisotopic (exact) mass is 441 g/mol. The third kappa shape index (κ3) is 5.06. The van der Waals surface area contributed by atoms with E-state index < -0.39 is 18.0 Å². The number of esters is 1. The number of carbonyl (C=O) groups excluding carboxylic acids is 3. The van der Waals surface area contributed by atoms with Crippen molar-refractivity contribution in [1.82, 2.24) is 0 Å². The number of hydrogen-bond acceptors (Lipinski definition) is 4. The summed E-state index contributed by atoms with van der Waals surface area (Å²) in [4.78, 5) is 37.9. The fourth-order valence-electron chi connectivity index (χ4n) is 2.71. The zero-order chi connectivity index (χ0) is 21.7. The first-order chi connectivity index (χ1) is 14.4. The molecule has 0 aliphatic rings. The number of hydrogen-bond donors (Lipinski definition) is 1. The van der Waals surface area contributed by atoms with E-state index in [0.717, 1.165) is 0 Å². The van der Waals surface area contributed by atoms with E-state index in [2.05, 4.69) is 5.32 Å². The zero-order valence-corrected chi connectivity index (χ0v) is 17.4. The molecule has 0 radical (unpaired) electrons. The Morgan fingerprint density at radius 2 is 1.50 bits per heavy atom. The lowest BCUT2D eigenvalue weighted by Gasteiger charge is -2.15. The van der Waals surface area contributed by atoms with Crippen molar-refractivity contribution >= 4 is 46.5 Å². The molecule has 0 saturated carbocycles. The van der Waals surface area contributed by atoms with Gasteiger partial charge in [-0.1, -0.05) is 71.7 Å². The minimum absolute atomic E-state index is 0.0757. The van der Waals surface area contributed by atoms with Crippen LogP contribution >= 0.6 is 23.2 Å². The second-order valence-corrected chi connectivity index (χ2v) is 7.25. The minimum atomic E-state index is -1.13. The van der Waals surface area contributed by atoms with Crippen molar-refractivity contribution < 1.29 is 19.1 Å². The van der Waals surface area contributed by atoms with Crippen molar-refractivity contribution in [1.29, 1.82) is 0 Å². The molecule has 0 aliphatic carbocycles. The molecular formula is C23H17Cl2NO4. The van der Waals surface area contributed by atoms with E-state index in [0.29, 0.717) is 21.3 Å². The molecule has 0 aromatic heterocycles. The van der Waals surface area contributed by atoms with Gasteiger partial charge in [0.2, 0.25) is 0 Å². The maximum absolute atomic E-state index is 12.8. The Labute approximate surface area is 183 Å². The molecule has 30 heavy (non-hydrogen) atoms. The Kier molecular flexibility index (Phi) is 6.87. The van der Waals surface area contributed by atoms with Gasteiger partial charge in [0, 0.05) is 16.1 Å². The molecule has 0 fully saturated rings. The molecule has 1 unspecified atom stereocenters. The largest absolute Gasteiger partial charge is 0.449 e. The fourth-order valence-corrected chi connectivity index (χ4v) is 3.05. The van der Waals surface area contributed by atoms with Crippen molar-refractivity contribution in [3.63, 3.8) is 0 Å². The molecule has 1 atom stereocenters. The lowest BCUT2D eigenvalue weighted by molar-refractivity contribution is -0.123. The molecule has 7 heteroatoms. The number of rotatable bonds is 6. The number of nitrogens with one attached hydrogen (secondary N) is 1. The van der Waals surface area contributed by atoms with Crippen molar-refractivity contribution in [2.45, 2.75) is 13.0 Å². The van der Waals surface area contributed by atoms with Crippen LogP contribution in [0.2, 0.25) is 10.0 Å². The summed E-state index contributed by atoms with van der Waals surface area (Å²) in [6.45, 7) is 1.42. The Balaban J connectivity index is 1.75. The molecule has 0 aliphatic heterocycles. The van der Waals surface area contributed by atoms with E-state index in [-0.39, 0.29) is 16.9 Å². The summed E-state index contributed by atoms with van der Waals surface area (Å²) < 4.78 is 5.29. The average Bonchev–Trinajstić information content (AvgIpc) is 2.76. The molecule has 3 aromatic rings. The lowest BCUT2D eigenvalue weighted by atomic mass is 9.98. The number of ketones is 1. The summed E-state index contributed by atoms with van der Waals surface area (Å²) in [7, 11) is 0. The molecule has 0 bridgehead atoms. The van der Waals surface area contributed by atoms with Gasteiger partial charge in [-0.15, -0.1) is 0 Å². The molecule has 3 aromatic carbocycles. The van der Waals surface area contributed by atoms with Crippen LogP contribution in [0.4, 0.5) is 5.69 Å². The normalized spacial score (nSPS) is 11.4. The Hall–Kier alpha value is -3.15. The van der Waals surface area contributed by atoms with Gasteiger partial charge in [-0.05, 0) is 31.2 Å². The summed E-state index contributed by atoms with van der Waals surface area (Å²) in [5.41, 5.74) is 1.02. The van der Waals surface area contributed by atoms with Crippen molar-refractivity contribution in [2.75, 3.05) is 5.32 Å². The standard InChI is InChI=1S/C23H17Cl2NO4/c1-14(22(28)26-20-13-16(24)11-12-19(20)25)30-23(29)18-10-6-5-9-17(18)21(27)15-7-3-2-4-8-15/h2-14H,1H3,(H,26,28). The molecule has 0 saturated heterocycles. The molecule has 3 rings (SSSR count). The molecule has 5 nitrogen and oxygen atoms in total. The number of anilines is 1. The maximum Gasteiger partial charge on any atom is 0.339 e. The topological polar surface area (TPSA) is 72.5 Å². The summed E-state index contributed by atoms with van der Waals surface area (Å²) in [6.07, 6.45) is -1.13. The number of amides is 1. The van der Waals surface area contributed by atoms with Crippen LogP contribution in [0, 0.1) is 0 Å². The molecule has 1 N–H and O–H groups in total. The second-order valence-electron chi connectivity index (χ2n) is 6.40. The summed E-state index contributed by atoms with van der Waals surface area (Å²) in [5, 5.41) is 3.26. The first-order valence-corrected chi connectivity index (χ1v) is 9.78. The second kappa shape index (κ2) is 9.57. The van der Waals surface area contributed by atoms with Crippen LogP contribution in [0.25, 0.3) is 0 Å². The van der Waals surface area contributed by atoms with Crippen LogP contribution in [-0.4, -0.2) is 23.8 Å². The van der Waals surface area contributed by atoms with Gasteiger partial charge < -0.3 is 10.1 Å². The third-order valence-corrected chi connectivity index (χ3v) is 4.83. The average molecular weight is 442 g/mol. The van der Waals surface area contributed by atoms with E-state index in [4.69, 9.17) is 27.9 Å². The molecule has 152 valence electrons. The fraction of sp³-hybridized carbons (Fsp3) is 0.0870. The number of halogens is 2. The van der Waals surface area contributed by atoms with E-state index in [1.54, 1.807) is 60.7 Å². The van der Waals surface area contributed by atoms with Crippen molar-refractivity contribution in [3.05, 3.63) is 99.5 Å². The van der Waals surface area contributed by atoms with Crippen LogP contribution in [0.15, 0.2) is 72.8 Å². The first kappa shape index (κ1) is 21.6. The lowest BCUT2D eigenvalue weighted by Crippen LogP contribution is -2.30. The smallest absolute Gasteiger partial charge is 0.339 e. The van der Waals surface area contributed by atoms with Gasteiger partial charge in [0.15, 0.2) is 11.9 Å². The van der Waals surface area contributed by atoms with Crippen LogP contribution in [0.5, 0.6) is 0 Å². The van der Waals surface area contributed by atoms with Crippen molar-refractivity contribution in [3.8, 4) is 0 Å². The first-order valence-electron chi connectivity index (χ1n) is 9.02. The number of benzene rings is 3. The summed E-state index contributed by atoms with van der Waals surface area (Å²) >= 11 is 12.0. The Morgan fingerprint density at radius 1 is 0.867 bits per heavy atom. The van der Waals surface area contributed by atoms with E-state index in [1.807, 2.05) is 0 Å². The quantitative estimate of drug-likeness (QED) is 0.410. The molecule has 0 heterocycles. The van der Waals surface area contributed by atoms with Crippen LogP contribution < -0.4 is 5.32 Å². The molecular weight excluding hydrogens is 425 g/mol. The number of carbonyl (C=O) groups is 3. The van der Waals surface area contributed by atoms with Gasteiger partial charge in [0.05, 0.1) is 16.3 Å². The van der Waals surface area contributed by atoms with E-state index in [1.165, 1.54) is 19.1 Å². The van der Waals surface area contributed by atoms with Gasteiger partial charge >= 0.3 is 5.97 Å². The van der Waals surface area contributed by atoms with Gasteiger partial charge in [0.25, 0.3) is 5.91 Å². The molecule has 0 spiro atoms. The Bertz CT molecular complexity index is 1100. The highest BCUT2D eigenvalue weighted by Crippen LogP contribution is 2.25. The maximum atomic E-state index is 12.8. The van der Waals surface area contributed by atoms with Crippen molar-refractivity contribution in [2.24, 2.45) is 0 Å². The predicted molar refractivity (Wildman–Crippen MR) is 116 cm³/mol. The summed E-state index contributed by atoms with van der Waals surface area (Å²) in [6, 6.07) is 19.5. The SMILES string of the molecule is CC(OC(=O)c1ccccc1C(=O)c1ccccc1)C(=O)Nc1cc(Cl)ccc1Cl. The van der Waals surface area contributed by atoms with E-state index >= 15 is 0 Å². The third-order valence-electron chi connectivity index (χ3n) is 4.27. The predicted octanol–water partition coefficient (Wildman–Crippen LogP) is 5.41. The van der Waals surface area contributed by atoms with Crippen LogP contribution in [0.1, 0.15) is 33.2 Å². The van der Waals surface area contributed by atoms with Gasteiger partial charge in [0.1, 0.15) is 0 Å². The van der Waals surface area contributed by atoms with Gasteiger partial charge in [-0.2, -0.15) is 0 Å². The zero-order valence-electron chi connectivity index (χ0n) is 15.9.